The maximum absolute atomic E-state index is 14.4. The first-order chi connectivity index (χ1) is 11.0. The van der Waals surface area contributed by atoms with Gasteiger partial charge in [0.15, 0.2) is 0 Å². The number of benzene rings is 1. The van der Waals surface area contributed by atoms with Gasteiger partial charge in [-0.05, 0) is 36.8 Å². The number of halogens is 1. The fraction of sp³-hybridized carbons (Fsp3) is 0.471. The smallest absolute Gasteiger partial charge is 0.223 e. The number of nitrogens with zero attached hydrogens (tertiary/aromatic N) is 3. The third kappa shape index (κ3) is 3.57. The van der Waals surface area contributed by atoms with Crippen LogP contribution in [-0.2, 0) is 11.2 Å². The van der Waals surface area contributed by atoms with E-state index < -0.39 is 0 Å². The molecule has 1 fully saturated rings. The average molecular weight is 317 g/mol. The fourth-order valence-corrected chi connectivity index (χ4v) is 3.03. The lowest BCUT2D eigenvalue weighted by atomic mass is 9.89. The van der Waals surface area contributed by atoms with E-state index in [-0.39, 0.29) is 11.7 Å². The molecule has 1 aliphatic heterocycles. The summed E-state index contributed by atoms with van der Waals surface area (Å²) < 4.78 is 19.3. The first kappa shape index (κ1) is 15.6. The van der Waals surface area contributed by atoms with Crippen LogP contribution in [0.25, 0.3) is 11.4 Å². The predicted molar refractivity (Wildman–Crippen MR) is 83.1 cm³/mol. The number of rotatable bonds is 3. The molecule has 1 aromatic heterocycles. The fourth-order valence-electron chi connectivity index (χ4n) is 3.03. The first-order valence-corrected chi connectivity index (χ1v) is 7.87. The van der Waals surface area contributed by atoms with Crippen LogP contribution < -0.4 is 0 Å². The van der Waals surface area contributed by atoms with Crippen molar-refractivity contribution in [3.05, 3.63) is 35.5 Å². The Kier molecular flexibility index (Phi) is 4.41. The second-order valence-corrected chi connectivity index (χ2v) is 6.10. The van der Waals surface area contributed by atoms with Crippen LogP contribution in [0.3, 0.4) is 0 Å². The van der Waals surface area contributed by atoms with Crippen molar-refractivity contribution in [3.8, 4) is 11.4 Å². The molecular weight excluding hydrogens is 297 g/mol. The Balaban J connectivity index is 1.66. The first-order valence-electron chi connectivity index (χ1n) is 7.87. The van der Waals surface area contributed by atoms with Crippen LogP contribution in [0.5, 0.6) is 0 Å². The number of carbonyl (C=O) groups is 1. The molecule has 122 valence electrons. The Hall–Kier alpha value is -2.24. The highest BCUT2D eigenvalue weighted by Gasteiger charge is 2.22. The van der Waals surface area contributed by atoms with Gasteiger partial charge in [0.05, 0.1) is 0 Å². The molecule has 23 heavy (non-hydrogen) atoms. The van der Waals surface area contributed by atoms with Crippen LogP contribution in [0.1, 0.15) is 31.2 Å². The number of aromatic nitrogens is 2. The van der Waals surface area contributed by atoms with Gasteiger partial charge in [-0.1, -0.05) is 17.3 Å². The molecule has 2 heterocycles. The molecule has 0 N–H and O–H groups in total. The van der Waals surface area contributed by atoms with Gasteiger partial charge in [-0.2, -0.15) is 4.98 Å². The lowest BCUT2D eigenvalue weighted by Crippen LogP contribution is -2.37. The summed E-state index contributed by atoms with van der Waals surface area (Å²) in [6.45, 7) is 4.83. The highest BCUT2D eigenvalue weighted by Crippen LogP contribution is 2.25. The summed E-state index contributed by atoms with van der Waals surface area (Å²) >= 11 is 0. The number of amides is 1. The second-order valence-electron chi connectivity index (χ2n) is 6.10. The van der Waals surface area contributed by atoms with Crippen LogP contribution in [-0.4, -0.2) is 34.0 Å². The molecule has 0 bridgehead atoms. The van der Waals surface area contributed by atoms with Crippen LogP contribution in [0.15, 0.2) is 22.7 Å². The van der Waals surface area contributed by atoms with E-state index in [1.807, 2.05) is 11.0 Å². The van der Waals surface area contributed by atoms with Crippen molar-refractivity contribution < 1.29 is 13.7 Å². The summed E-state index contributed by atoms with van der Waals surface area (Å²) in [7, 11) is 0. The van der Waals surface area contributed by atoms with Crippen LogP contribution in [0.4, 0.5) is 4.39 Å². The summed E-state index contributed by atoms with van der Waals surface area (Å²) in [5.74, 6) is 1.16. The van der Waals surface area contributed by atoms with Gasteiger partial charge in [-0.15, -0.1) is 0 Å². The number of piperidine rings is 1. The van der Waals surface area contributed by atoms with E-state index in [0.29, 0.717) is 35.2 Å². The van der Waals surface area contributed by atoms with E-state index in [1.54, 1.807) is 19.9 Å². The Labute approximate surface area is 134 Å². The van der Waals surface area contributed by atoms with E-state index in [1.165, 1.54) is 6.07 Å². The zero-order valence-electron chi connectivity index (χ0n) is 13.4. The monoisotopic (exact) mass is 317 g/mol. The molecule has 0 spiro atoms. The molecule has 0 unspecified atom stereocenters. The minimum atomic E-state index is -0.237. The normalized spacial score (nSPS) is 15.9. The van der Waals surface area contributed by atoms with Crippen LogP contribution >= 0.6 is 0 Å². The van der Waals surface area contributed by atoms with Crippen molar-refractivity contribution >= 4 is 5.91 Å². The lowest BCUT2D eigenvalue weighted by molar-refractivity contribution is -0.130. The standard InChI is InChI=1S/C17H20FN3O2/c1-11-19-17(20-23-11)15-4-3-14(16(18)10-15)9-13-5-7-21(8-6-13)12(2)22/h3-4,10,13H,5-9H2,1-2H3. The molecule has 6 heteroatoms. The SMILES string of the molecule is CC(=O)N1CCC(Cc2ccc(-c3noc(C)n3)cc2F)CC1. The van der Waals surface area contributed by atoms with Gasteiger partial charge >= 0.3 is 0 Å². The zero-order valence-corrected chi connectivity index (χ0v) is 13.4. The minimum absolute atomic E-state index is 0.120. The van der Waals surface area contributed by atoms with E-state index in [9.17, 15) is 9.18 Å². The molecule has 0 aliphatic carbocycles. The molecule has 1 amide bonds. The molecule has 0 atom stereocenters. The maximum atomic E-state index is 14.4. The minimum Gasteiger partial charge on any atom is -0.343 e. The Bertz CT molecular complexity index is 706. The number of aryl methyl sites for hydroxylation is 1. The molecule has 5 nitrogen and oxygen atoms in total. The Morgan fingerprint density at radius 2 is 2.13 bits per heavy atom. The van der Waals surface area contributed by atoms with Gasteiger partial charge in [0.2, 0.25) is 17.6 Å². The summed E-state index contributed by atoms with van der Waals surface area (Å²) in [6, 6.07) is 5.09. The lowest BCUT2D eigenvalue weighted by Gasteiger charge is -2.31. The topological polar surface area (TPSA) is 59.2 Å². The average Bonchev–Trinajstić information content (AvgIpc) is 2.96. The molecule has 1 saturated heterocycles. The zero-order chi connectivity index (χ0) is 16.4. The molecule has 1 aliphatic rings. The molecular formula is C17H20FN3O2. The Morgan fingerprint density at radius 3 is 2.70 bits per heavy atom. The van der Waals surface area contributed by atoms with E-state index in [2.05, 4.69) is 10.1 Å². The molecule has 3 rings (SSSR count). The van der Waals surface area contributed by atoms with Gasteiger partial charge < -0.3 is 9.42 Å². The van der Waals surface area contributed by atoms with Gasteiger partial charge in [0.25, 0.3) is 0 Å². The molecule has 0 radical (unpaired) electrons. The summed E-state index contributed by atoms with van der Waals surface area (Å²) in [5.41, 5.74) is 1.32. The second kappa shape index (κ2) is 6.48. The van der Waals surface area contributed by atoms with Crippen molar-refractivity contribution in [1.29, 1.82) is 0 Å². The van der Waals surface area contributed by atoms with Crippen molar-refractivity contribution in [2.24, 2.45) is 5.92 Å². The highest BCUT2D eigenvalue weighted by molar-refractivity contribution is 5.73. The summed E-state index contributed by atoms with van der Waals surface area (Å²) in [5, 5.41) is 3.81. The number of hydrogen-bond acceptors (Lipinski definition) is 4. The van der Waals surface area contributed by atoms with Crippen molar-refractivity contribution in [2.45, 2.75) is 33.1 Å². The summed E-state index contributed by atoms with van der Waals surface area (Å²) in [6.07, 6.45) is 2.54. The third-order valence-electron chi connectivity index (χ3n) is 4.41. The highest BCUT2D eigenvalue weighted by atomic mass is 19.1. The third-order valence-corrected chi connectivity index (χ3v) is 4.41. The number of carbonyl (C=O) groups excluding carboxylic acids is 1. The molecule has 0 saturated carbocycles. The molecule has 2 aromatic rings. The summed E-state index contributed by atoms with van der Waals surface area (Å²) in [4.78, 5) is 17.3. The van der Waals surface area contributed by atoms with E-state index >= 15 is 0 Å². The number of likely N-dealkylation sites (tertiary alicyclic amines) is 1. The van der Waals surface area contributed by atoms with Gasteiger partial charge in [0, 0.05) is 32.5 Å². The largest absolute Gasteiger partial charge is 0.343 e. The number of hydrogen-bond donors (Lipinski definition) is 0. The van der Waals surface area contributed by atoms with Crippen molar-refractivity contribution in [3.63, 3.8) is 0 Å². The van der Waals surface area contributed by atoms with Crippen molar-refractivity contribution in [1.82, 2.24) is 15.0 Å². The van der Waals surface area contributed by atoms with Gasteiger partial charge in [-0.3, -0.25) is 4.79 Å². The van der Waals surface area contributed by atoms with Crippen molar-refractivity contribution in [2.75, 3.05) is 13.1 Å². The quantitative estimate of drug-likeness (QED) is 0.873. The van der Waals surface area contributed by atoms with Gasteiger partial charge in [0.1, 0.15) is 5.82 Å². The van der Waals surface area contributed by atoms with Crippen LogP contribution in [0.2, 0.25) is 0 Å². The van der Waals surface area contributed by atoms with E-state index in [4.69, 9.17) is 4.52 Å². The predicted octanol–water partition coefficient (Wildman–Crippen LogP) is 2.99. The van der Waals surface area contributed by atoms with Crippen LogP contribution in [0, 0.1) is 18.7 Å². The van der Waals surface area contributed by atoms with E-state index in [0.717, 1.165) is 25.9 Å². The Morgan fingerprint density at radius 1 is 1.39 bits per heavy atom. The van der Waals surface area contributed by atoms with Gasteiger partial charge in [-0.25, -0.2) is 4.39 Å². The maximum Gasteiger partial charge on any atom is 0.223 e. The molecule has 1 aromatic carbocycles.